The quantitative estimate of drug-likeness (QED) is 0.549. The highest BCUT2D eigenvalue weighted by Crippen LogP contribution is 2.57. The first kappa shape index (κ1) is 17.7. The number of hydrogen-bond acceptors (Lipinski definition) is 5. The molecule has 0 amide bonds. The first-order chi connectivity index (χ1) is 11.3. The molecule has 4 aliphatic carbocycles. The summed E-state index contributed by atoms with van der Waals surface area (Å²) in [6.07, 6.45) is 6.36. The van der Waals surface area contributed by atoms with Crippen molar-refractivity contribution >= 4 is 11.9 Å². The summed E-state index contributed by atoms with van der Waals surface area (Å²) in [6, 6.07) is 0. The van der Waals surface area contributed by atoms with Crippen molar-refractivity contribution < 1.29 is 23.8 Å². The van der Waals surface area contributed by atoms with E-state index >= 15 is 0 Å². The van der Waals surface area contributed by atoms with Crippen LogP contribution in [0, 0.1) is 29.6 Å². The minimum Gasteiger partial charge on any atom is -0.459 e. The summed E-state index contributed by atoms with van der Waals surface area (Å²) in [5.74, 6) is 0.460. The fourth-order valence-electron chi connectivity index (χ4n) is 5.19. The van der Waals surface area contributed by atoms with E-state index in [2.05, 4.69) is 0 Å². The van der Waals surface area contributed by atoms with Crippen molar-refractivity contribution in [3.8, 4) is 0 Å². The molecule has 0 radical (unpaired) electrons. The van der Waals surface area contributed by atoms with Crippen LogP contribution in [0.3, 0.4) is 0 Å². The second-order valence-corrected chi connectivity index (χ2v) is 8.34. The zero-order valence-corrected chi connectivity index (χ0v) is 15.2. The van der Waals surface area contributed by atoms with Crippen LogP contribution in [0.4, 0.5) is 0 Å². The zero-order chi connectivity index (χ0) is 17.5. The summed E-state index contributed by atoms with van der Waals surface area (Å²) in [6.45, 7) is 5.13. The SMILES string of the molecule is COC(C)OC(=O)C(C)C(C)C(=O)OC12CC3CC(CC(C3)C1)C2. The lowest BCUT2D eigenvalue weighted by Crippen LogP contribution is -2.53. The molecule has 5 heteroatoms. The van der Waals surface area contributed by atoms with E-state index in [1.807, 2.05) is 0 Å². The lowest BCUT2D eigenvalue weighted by atomic mass is 9.54. The van der Waals surface area contributed by atoms with Gasteiger partial charge in [0.25, 0.3) is 0 Å². The van der Waals surface area contributed by atoms with Gasteiger partial charge in [-0.1, -0.05) is 13.8 Å². The highest BCUT2D eigenvalue weighted by molar-refractivity contribution is 5.81. The molecule has 3 unspecified atom stereocenters. The van der Waals surface area contributed by atoms with Crippen LogP contribution in [0.15, 0.2) is 0 Å². The molecule has 0 N–H and O–H groups in total. The van der Waals surface area contributed by atoms with Crippen molar-refractivity contribution in [2.45, 2.75) is 71.2 Å². The first-order valence-electron chi connectivity index (χ1n) is 9.28. The molecule has 0 aromatic heterocycles. The van der Waals surface area contributed by atoms with Crippen molar-refractivity contribution in [3.63, 3.8) is 0 Å². The molecule has 0 spiro atoms. The monoisotopic (exact) mass is 338 g/mol. The van der Waals surface area contributed by atoms with Crippen molar-refractivity contribution in [2.24, 2.45) is 29.6 Å². The third kappa shape index (κ3) is 3.46. The number of carbonyl (C=O) groups excluding carboxylic acids is 2. The molecule has 4 bridgehead atoms. The van der Waals surface area contributed by atoms with Gasteiger partial charge in [0.15, 0.2) is 6.29 Å². The van der Waals surface area contributed by atoms with Gasteiger partial charge in [-0.2, -0.15) is 0 Å². The summed E-state index contributed by atoms with van der Waals surface area (Å²) in [4.78, 5) is 24.8. The molecule has 4 saturated carbocycles. The zero-order valence-electron chi connectivity index (χ0n) is 15.2. The normalized spacial score (nSPS) is 37.6. The topological polar surface area (TPSA) is 61.8 Å². The van der Waals surface area contributed by atoms with Gasteiger partial charge in [0, 0.05) is 7.11 Å². The molecule has 0 aromatic rings. The van der Waals surface area contributed by atoms with Gasteiger partial charge in [-0.15, -0.1) is 0 Å². The summed E-state index contributed by atoms with van der Waals surface area (Å²) in [5.41, 5.74) is -0.260. The Hall–Kier alpha value is -1.10. The highest BCUT2D eigenvalue weighted by Gasteiger charge is 2.53. The maximum Gasteiger partial charge on any atom is 0.311 e. The number of rotatable bonds is 6. The Morgan fingerprint density at radius 1 is 0.875 bits per heavy atom. The molecule has 0 saturated heterocycles. The number of esters is 2. The van der Waals surface area contributed by atoms with Crippen molar-refractivity contribution in [2.75, 3.05) is 7.11 Å². The molecule has 3 atom stereocenters. The summed E-state index contributed by atoms with van der Waals surface area (Å²) < 4.78 is 16.1. The molecule has 4 aliphatic rings. The minimum atomic E-state index is -0.605. The second kappa shape index (κ2) is 6.66. The average molecular weight is 338 g/mol. The van der Waals surface area contributed by atoms with Gasteiger partial charge in [0.2, 0.25) is 0 Å². The third-order valence-corrected chi connectivity index (χ3v) is 6.41. The molecule has 5 nitrogen and oxygen atoms in total. The maximum atomic E-state index is 12.7. The van der Waals surface area contributed by atoms with Gasteiger partial charge in [0.1, 0.15) is 5.60 Å². The predicted octanol–water partition coefficient (Wildman–Crippen LogP) is 3.31. The van der Waals surface area contributed by atoms with Crippen molar-refractivity contribution in [1.29, 1.82) is 0 Å². The molecule has 0 aliphatic heterocycles. The van der Waals surface area contributed by atoms with Crippen LogP contribution in [0.5, 0.6) is 0 Å². The molecule has 0 heterocycles. The number of hydrogen-bond donors (Lipinski definition) is 0. The molecule has 0 aromatic carbocycles. The molecule has 4 fully saturated rings. The Kier molecular flexibility index (Phi) is 4.92. The van der Waals surface area contributed by atoms with Gasteiger partial charge in [0.05, 0.1) is 11.8 Å². The predicted molar refractivity (Wildman–Crippen MR) is 87.9 cm³/mol. The van der Waals surface area contributed by atoms with Crippen molar-refractivity contribution in [3.05, 3.63) is 0 Å². The van der Waals surface area contributed by atoms with Crippen molar-refractivity contribution in [1.82, 2.24) is 0 Å². The highest BCUT2D eigenvalue weighted by atomic mass is 16.7. The summed E-state index contributed by atoms with van der Waals surface area (Å²) in [7, 11) is 1.48. The van der Waals surface area contributed by atoms with Crippen LogP contribution in [-0.2, 0) is 23.8 Å². The van der Waals surface area contributed by atoms with Gasteiger partial charge < -0.3 is 14.2 Å². The third-order valence-electron chi connectivity index (χ3n) is 6.41. The Morgan fingerprint density at radius 2 is 1.33 bits per heavy atom. The fourth-order valence-corrected chi connectivity index (χ4v) is 5.19. The van der Waals surface area contributed by atoms with Crippen LogP contribution in [0.1, 0.15) is 59.3 Å². The van der Waals surface area contributed by atoms with Gasteiger partial charge in [-0.25, -0.2) is 0 Å². The minimum absolute atomic E-state index is 0.258. The largest absolute Gasteiger partial charge is 0.459 e. The van der Waals surface area contributed by atoms with Gasteiger partial charge in [-0.05, 0) is 63.2 Å². The molecule has 24 heavy (non-hydrogen) atoms. The summed E-state index contributed by atoms with van der Waals surface area (Å²) >= 11 is 0. The van der Waals surface area contributed by atoms with Gasteiger partial charge >= 0.3 is 11.9 Å². The lowest BCUT2D eigenvalue weighted by molar-refractivity contribution is -0.196. The van der Waals surface area contributed by atoms with Crippen LogP contribution in [0.25, 0.3) is 0 Å². The van der Waals surface area contributed by atoms with E-state index in [1.54, 1.807) is 20.8 Å². The Labute approximate surface area is 144 Å². The van der Waals surface area contributed by atoms with E-state index in [0.29, 0.717) is 0 Å². The number of carbonyl (C=O) groups is 2. The summed E-state index contributed by atoms with van der Waals surface area (Å²) in [5, 5.41) is 0. The molecular weight excluding hydrogens is 308 g/mol. The Bertz CT molecular complexity index is 465. The smallest absolute Gasteiger partial charge is 0.311 e. The second-order valence-electron chi connectivity index (χ2n) is 8.34. The molecular formula is C19H30O5. The maximum absolute atomic E-state index is 12.7. The van der Waals surface area contributed by atoms with Crippen LogP contribution in [-0.4, -0.2) is 30.9 Å². The van der Waals surface area contributed by atoms with E-state index < -0.39 is 24.1 Å². The number of methoxy groups -OCH3 is 1. The van der Waals surface area contributed by atoms with Crippen LogP contribution in [0.2, 0.25) is 0 Å². The Morgan fingerprint density at radius 3 is 1.79 bits per heavy atom. The average Bonchev–Trinajstić information content (AvgIpc) is 2.51. The van der Waals surface area contributed by atoms with E-state index in [4.69, 9.17) is 14.2 Å². The first-order valence-corrected chi connectivity index (χ1v) is 9.28. The standard InChI is InChI=1S/C19H30O5/c1-11(17(20)23-13(3)22-4)12(2)18(21)24-19-8-14-5-15(9-19)7-16(6-14)10-19/h11-16H,5-10H2,1-4H3. The van der Waals surface area contributed by atoms with Crippen LogP contribution >= 0.6 is 0 Å². The van der Waals surface area contributed by atoms with E-state index in [-0.39, 0.29) is 11.6 Å². The molecule has 136 valence electrons. The van der Waals surface area contributed by atoms with E-state index in [0.717, 1.165) is 37.0 Å². The fraction of sp³-hybridized carbons (Fsp3) is 0.895. The number of ether oxygens (including phenoxy) is 3. The van der Waals surface area contributed by atoms with E-state index in [9.17, 15) is 9.59 Å². The van der Waals surface area contributed by atoms with Crippen LogP contribution < -0.4 is 0 Å². The van der Waals surface area contributed by atoms with Gasteiger partial charge in [-0.3, -0.25) is 9.59 Å². The lowest BCUT2D eigenvalue weighted by Gasteiger charge is -2.55. The molecule has 4 rings (SSSR count). The van der Waals surface area contributed by atoms with E-state index in [1.165, 1.54) is 26.4 Å². The Balaban J connectivity index is 1.59.